The Bertz CT molecular complexity index is 369. The van der Waals surface area contributed by atoms with Crippen molar-refractivity contribution in [1.29, 1.82) is 0 Å². The number of rotatable bonds is 5. The third kappa shape index (κ3) is 4.24. The highest BCUT2D eigenvalue weighted by atomic mass is 15.1. The molecular weight excluding hydrogens is 232 g/mol. The van der Waals surface area contributed by atoms with Crippen molar-refractivity contribution in [3.8, 4) is 0 Å². The Hall–Kier alpha value is -1.02. The van der Waals surface area contributed by atoms with Crippen LogP contribution in [0.4, 0.5) is 5.69 Å². The summed E-state index contributed by atoms with van der Waals surface area (Å²) in [6, 6.07) is 9.66. The molecule has 0 aromatic heterocycles. The summed E-state index contributed by atoms with van der Waals surface area (Å²) in [5, 5.41) is 3.55. The summed E-state index contributed by atoms with van der Waals surface area (Å²) in [6.07, 6.45) is 5.39. The molecule has 19 heavy (non-hydrogen) atoms. The second kappa shape index (κ2) is 6.95. The predicted octanol–water partition coefficient (Wildman–Crippen LogP) is 4.10. The minimum absolute atomic E-state index is 0.616. The molecule has 1 heterocycles. The highest BCUT2D eigenvalue weighted by Gasteiger charge is 2.17. The fraction of sp³-hybridized carbons (Fsp3) is 0.647. The Labute approximate surface area is 118 Å². The molecule has 106 valence electrons. The van der Waals surface area contributed by atoms with Crippen molar-refractivity contribution in [2.75, 3.05) is 25.5 Å². The van der Waals surface area contributed by atoms with Crippen LogP contribution in [0.5, 0.6) is 0 Å². The Morgan fingerprint density at radius 2 is 1.95 bits per heavy atom. The zero-order valence-electron chi connectivity index (χ0n) is 12.7. The Balaban J connectivity index is 1.75. The summed E-state index contributed by atoms with van der Waals surface area (Å²) in [5.41, 5.74) is 2.67. The van der Waals surface area contributed by atoms with Crippen LogP contribution >= 0.6 is 0 Å². The molecule has 1 fully saturated rings. The van der Waals surface area contributed by atoms with Gasteiger partial charge in [0, 0.05) is 18.3 Å². The first-order valence-corrected chi connectivity index (χ1v) is 7.71. The molecule has 2 rings (SSSR count). The van der Waals surface area contributed by atoms with E-state index in [-0.39, 0.29) is 0 Å². The minimum Gasteiger partial charge on any atom is -0.385 e. The smallest absolute Gasteiger partial charge is 0.0340 e. The minimum atomic E-state index is 0.616. The van der Waals surface area contributed by atoms with Gasteiger partial charge in [-0.05, 0) is 56.5 Å². The standard InChI is InChI=1S/C17H28N2/c1-14(2)15-7-9-16(10-8-15)18-12-11-17-6-4-5-13-19(17)3/h7-10,14,17-18H,4-6,11-13H2,1-3H3. The van der Waals surface area contributed by atoms with Gasteiger partial charge in [-0.15, -0.1) is 0 Å². The molecule has 1 saturated heterocycles. The lowest BCUT2D eigenvalue weighted by Gasteiger charge is -2.32. The van der Waals surface area contributed by atoms with Gasteiger partial charge >= 0.3 is 0 Å². The molecule has 0 radical (unpaired) electrons. The lowest BCUT2D eigenvalue weighted by atomic mass is 10.00. The zero-order chi connectivity index (χ0) is 13.7. The first-order valence-electron chi connectivity index (χ1n) is 7.71. The van der Waals surface area contributed by atoms with Crippen molar-refractivity contribution in [2.24, 2.45) is 0 Å². The summed E-state index contributed by atoms with van der Waals surface area (Å²) in [6.45, 7) is 6.83. The zero-order valence-corrected chi connectivity index (χ0v) is 12.7. The van der Waals surface area contributed by atoms with Crippen LogP contribution in [0.1, 0.15) is 51.0 Å². The van der Waals surface area contributed by atoms with Crippen molar-refractivity contribution in [1.82, 2.24) is 4.90 Å². The molecule has 1 aliphatic rings. The van der Waals surface area contributed by atoms with E-state index in [4.69, 9.17) is 0 Å². The predicted molar refractivity (Wildman–Crippen MR) is 83.9 cm³/mol. The molecule has 2 nitrogen and oxygen atoms in total. The van der Waals surface area contributed by atoms with Gasteiger partial charge in [0.25, 0.3) is 0 Å². The van der Waals surface area contributed by atoms with Crippen molar-refractivity contribution in [3.05, 3.63) is 29.8 Å². The number of likely N-dealkylation sites (tertiary alicyclic amines) is 1. The molecule has 1 atom stereocenters. The van der Waals surface area contributed by atoms with Crippen molar-refractivity contribution in [3.63, 3.8) is 0 Å². The van der Waals surface area contributed by atoms with Crippen LogP contribution < -0.4 is 5.32 Å². The fourth-order valence-electron chi connectivity index (χ4n) is 2.88. The maximum atomic E-state index is 3.55. The number of hydrogen-bond acceptors (Lipinski definition) is 2. The summed E-state index contributed by atoms with van der Waals surface area (Å²) in [4.78, 5) is 2.52. The van der Waals surface area contributed by atoms with Crippen LogP contribution in [0.15, 0.2) is 24.3 Å². The highest BCUT2D eigenvalue weighted by molar-refractivity contribution is 5.45. The number of piperidine rings is 1. The van der Waals surface area contributed by atoms with Crippen LogP contribution in [0.2, 0.25) is 0 Å². The summed E-state index contributed by atoms with van der Waals surface area (Å²) < 4.78 is 0. The second-order valence-electron chi connectivity index (χ2n) is 6.12. The number of nitrogens with zero attached hydrogens (tertiary/aromatic N) is 1. The van der Waals surface area contributed by atoms with Gasteiger partial charge in [0.15, 0.2) is 0 Å². The van der Waals surface area contributed by atoms with Crippen LogP contribution in [-0.2, 0) is 0 Å². The Kier molecular flexibility index (Phi) is 5.26. The largest absolute Gasteiger partial charge is 0.385 e. The molecule has 0 saturated carbocycles. The maximum Gasteiger partial charge on any atom is 0.0340 e. The summed E-state index contributed by atoms with van der Waals surface area (Å²) >= 11 is 0. The Morgan fingerprint density at radius 1 is 1.21 bits per heavy atom. The van der Waals surface area contributed by atoms with Gasteiger partial charge in [0.1, 0.15) is 0 Å². The third-order valence-electron chi connectivity index (χ3n) is 4.31. The molecule has 0 spiro atoms. The van der Waals surface area contributed by atoms with Crippen LogP contribution in [-0.4, -0.2) is 31.1 Å². The molecule has 1 unspecified atom stereocenters. The van der Waals surface area contributed by atoms with Gasteiger partial charge in [-0.25, -0.2) is 0 Å². The molecule has 1 aromatic rings. The van der Waals surface area contributed by atoms with Crippen molar-refractivity contribution in [2.45, 2.75) is 51.5 Å². The number of hydrogen-bond donors (Lipinski definition) is 1. The van der Waals surface area contributed by atoms with E-state index in [2.05, 4.69) is 55.4 Å². The molecule has 0 amide bonds. The van der Waals surface area contributed by atoms with E-state index in [1.54, 1.807) is 0 Å². The molecule has 1 aliphatic heterocycles. The lowest BCUT2D eigenvalue weighted by molar-refractivity contribution is 0.179. The average molecular weight is 260 g/mol. The highest BCUT2D eigenvalue weighted by Crippen LogP contribution is 2.19. The average Bonchev–Trinajstić information content (AvgIpc) is 2.41. The monoisotopic (exact) mass is 260 g/mol. The molecule has 2 heteroatoms. The van der Waals surface area contributed by atoms with Gasteiger partial charge < -0.3 is 10.2 Å². The normalized spacial score (nSPS) is 20.7. The molecule has 0 aliphatic carbocycles. The van der Waals surface area contributed by atoms with Crippen molar-refractivity contribution < 1.29 is 0 Å². The number of benzene rings is 1. The van der Waals surface area contributed by atoms with E-state index >= 15 is 0 Å². The SMILES string of the molecule is CC(C)c1ccc(NCCC2CCCCN2C)cc1. The maximum absolute atomic E-state index is 3.55. The van der Waals surface area contributed by atoms with Gasteiger partial charge in [0.2, 0.25) is 0 Å². The van der Waals surface area contributed by atoms with Gasteiger partial charge in [-0.2, -0.15) is 0 Å². The lowest BCUT2D eigenvalue weighted by Crippen LogP contribution is -2.37. The molecule has 1 N–H and O–H groups in total. The van der Waals surface area contributed by atoms with E-state index in [9.17, 15) is 0 Å². The van der Waals surface area contributed by atoms with Gasteiger partial charge in [-0.3, -0.25) is 0 Å². The van der Waals surface area contributed by atoms with E-state index in [0.717, 1.165) is 12.6 Å². The van der Waals surface area contributed by atoms with E-state index < -0.39 is 0 Å². The third-order valence-corrected chi connectivity index (χ3v) is 4.31. The fourth-order valence-corrected chi connectivity index (χ4v) is 2.88. The van der Waals surface area contributed by atoms with Crippen molar-refractivity contribution >= 4 is 5.69 Å². The molecular formula is C17H28N2. The summed E-state index contributed by atoms with van der Waals surface area (Å²) in [7, 11) is 2.27. The van der Waals surface area contributed by atoms with E-state index in [1.165, 1.54) is 43.5 Å². The topological polar surface area (TPSA) is 15.3 Å². The first kappa shape index (κ1) is 14.4. The number of anilines is 1. The van der Waals surface area contributed by atoms with E-state index in [0.29, 0.717) is 5.92 Å². The molecule has 1 aromatic carbocycles. The molecule has 0 bridgehead atoms. The second-order valence-corrected chi connectivity index (χ2v) is 6.12. The van der Waals surface area contributed by atoms with Crippen LogP contribution in [0.25, 0.3) is 0 Å². The van der Waals surface area contributed by atoms with Crippen LogP contribution in [0, 0.1) is 0 Å². The van der Waals surface area contributed by atoms with Gasteiger partial charge in [0.05, 0.1) is 0 Å². The number of nitrogens with one attached hydrogen (secondary N) is 1. The van der Waals surface area contributed by atoms with E-state index in [1.807, 2.05) is 0 Å². The van der Waals surface area contributed by atoms with Crippen LogP contribution in [0.3, 0.4) is 0 Å². The Morgan fingerprint density at radius 3 is 2.58 bits per heavy atom. The summed E-state index contributed by atoms with van der Waals surface area (Å²) in [5.74, 6) is 0.616. The van der Waals surface area contributed by atoms with Gasteiger partial charge in [-0.1, -0.05) is 32.4 Å². The first-order chi connectivity index (χ1) is 9.16. The quantitative estimate of drug-likeness (QED) is 0.857.